The fraction of sp³-hybridized carbons (Fsp3) is 0.196. The number of rotatable bonds is 7. The van der Waals surface area contributed by atoms with Crippen molar-refractivity contribution in [3.63, 3.8) is 0 Å². The minimum absolute atomic E-state index is 0.0635. The van der Waals surface area contributed by atoms with Crippen molar-refractivity contribution >= 4 is 5.71 Å². The van der Waals surface area contributed by atoms with Crippen LogP contribution in [0.15, 0.2) is 175 Å². The van der Waals surface area contributed by atoms with Crippen LogP contribution < -0.4 is 5.32 Å². The van der Waals surface area contributed by atoms with Crippen molar-refractivity contribution in [3.05, 3.63) is 214 Å². The van der Waals surface area contributed by atoms with Gasteiger partial charge >= 0.3 is 0 Å². The van der Waals surface area contributed by atoms with Crippen molar-refractivity contribution < 1.29 is 0 Å². The summed E-state index contributed by atoms with van der Waals surface area (Å²) in [5.74, 6) is 0. The Balaban J connectivity index is 0.000000152. The van der Waals surface area contributed by atoms with E-state index in [1.165, 1.54) is 75.9 Å². The smallest absolute Gasteiger partial charge is 0.100 e. The molecular formula is C46H44N2. The van der Waals surface area contributed by atoms with E-state index >= 15 is 0 Å². The molecule has 48 heavy (non-hydrogen) atoms. The van der Waals surface area contributed by atoms with Gasteiger partial charge in [-0.1, -0.05) is 170 Å². The van der Waals surface area contributed by atoms with Gasteiger partial charge in [0.2, 0.25) is 0 Å². The molecule has 0 fully saturated rings. The first-order valence-electron chi connectivity index (χ1n) is 17.5. The number of aryl methyl sites for hydroxylation is 2. The Morgan fingerprint density at radius 1 is 0.458 bits per heavy atom. The van der Waals surface area contributed by atoms with E-state index < -0.39 is 0 Å². The van der Waals surface area contributed by atoms with Gasteiger partial charge < -0.3 is 0 Å². The molecule has 0 aliphatic heterocycles. The van der Waals surface area contributed by atoms with Gasteiger partial charge in [-0.2, -0.15) is 0 Å². The highest BCUT2D eigenvalue weighted by atomic mass is 15.0. The van der Waals surface area contributed by atoms with Crippen molar-refractivity contribution in [2.24, 2.45) is 4.99 Å². The van der Waals surface area contributed by atoms with Crippen molar-refractivity contribution in [2.45, 2.75) is 56.7 Å². The van der Waals surface area contributed by atoms with Crippen LogP contribution in [-0.4, -0.2) is 5.71 Å². The fourth-order valence-electron chi connectivity index (χ4n) is 7.31. The van der Waals surface area contributed by atoms with E-state index in [1.54, 1.807) is 0 Å². The number of aliphatic imine (C=N–C) groups is 1. The molecule has 0 radical (unpaired) electrons. The molecule has 1 atom stereocenters. The summed E-state index contributed by atoms with van der Waals surface area (Å²) in [5, 5.41) is 3.94. The van der Waals surface area contributed by atoms with Crippen LogP contribution >= 0.6 is 0 Å². The van der Waals surface area contributed by atoms with E-state index in [-0.39, 0.29) is 12.1 Å². The van der Waals surface area contributed by atoms with Gasteiger partial charge in [-0.3, -0.25) is 10.3 Å². The van der Waals surface area contributed by atoms with Gasteiger partial charge in [0.05, 0.1) is 6.04 Å². The van der Waals surface area contributed by atoms with Gasteiger partial charge in [0, 0.05) is 11.8 Å². The van der Waals surface area contributed by atoms with Crippen LogP contribution in [0.5, 0.6) is 0 Å². The molecule has 0 heterocycles. The van der Waals surface area contributed by atoms with E-state index in [1.807, 2.05) is 0 Å². The Morgan fingerprint density at radius 3 is 1.54 bits per heavy atom. The zero-order valence-corrected chi connectivity index (χ0v) is 27.6. The number of nitrogens with one attached hydrogen (secondary N) is 1. The second-order valence-corrected chi connectivity index (χ2v) is 12.9. The summed E-state index contributed by atoms with van der Waals surface area (Å²) in [4.78, 5) is 5.23. The van der Waals surface area contributed by atoms with Crippen molar-refractivity contribution in [3.8, 4) is 0 Å². The van der Waals surface area contributed by atoms with Gasteiger partial charge in [0.15, 0.2) is 0 Å². The number of fused-ring (bicyclic) bond motifs is 2. The van der Waals surface area contributed by atoms with Crippen LogP contribution in [0.3, 0.4) is 0 Å². The van der Waals surface area contributed by atoms with Gasteiger partial charge in [0.25, 0.3) is 0 Å². The number of hydrogen-bond acceptors (Lipinski definition) is 2. The van der Waals surface area contributed by atoms with Crippen molar-refractivity contribution in [1.82, 2.24) is 5.32 Å². The number of benzene rings is 6. The Labute approximate surface area is 286 Å². The predicted octanol–water partition coefficient (Wildman–Crippen LogP) is 11.0. The van der Waals surface area contributed by atoms with Crippen LogP contribution in [0.25, 0.3) is 0 Å². The lowest BCUT2D eigenvalue weighted by Gasteiger charge is -2.31. The normalized spacial score (nSPS) is 16.1. The highest BCUT2D eigenvalue weighted by Crippen LogP contribution is 2.34. The van der Waals surface area contributed by atoms with Gasteiger partial charge in [-0.25, -0.2) is 0 Å². The van der Waals surface area contributed by atoms with E-state index in [0.29, 0.717) is 6.04 Å². The largest absolute Gasteiger partial charge is 0.299 e. The maximum atomic E-state index is 5.23. The molecule has 0 saturated carbocycles. The first-order chi connectivity index (χ1) is 23.8. The zero-order chi connectivity index (χ0) is 32.4. The summed E-state index contributed by atoms with van der Waals surface area (Å²) >= 11 is 0. The van der Waals surface area contributed by atoms with Crippen LogP contribution in [0.4, 0.5) is 0 Å². The Morgan fingerprint density at radius 2 is 0.938 bits per heavy atom. The average molecular weight is 625 g/mol. The quantitative estimate of drug-likeness (QED) is 0.188. The molecule has 0 amide bonds. The monoisotopic (exact) mass is 624 g/mol. The first kappa shape index (κ1) is 31.5. The van der Waals surface area contributed by atoms with Crippen LogP contribution in [0.1, 0.15) is 88.3 Å². The maximum absolute atomic E-state index is 5.23. The van der Waals surface area contributed by atoms with Crippen LogP contribution in [0.2, 0.25) is 0 Å². The third kappa shape index (κ3) is 7.56. The fourth-order valence-corrected chi connectivity index (χ4v) is 7.31. The number of hydrogen-bond donors (Lipinski definition) is 1. The van der Waals surface area contributed by atoms with Gasteiger partial charge in [0.1, 0.15) is 6.04 Å². The predicted molar refractivity (Wildman–Crippen MR) is 201 cm³/mol. The molecule has 2 aliphatic rings. The van der Waals surface area contributed by atoms with Gasteiger partial charge in [-0.05, 0) is 83.0 Å². The Kier molecular flexibility index (Phi) is 10.3. The lowest BCUT2D eigenvalue weighted by atomic mass is 9.86. The zero-order valence-electron chi connectivity index (χ0n) is 27.6. The molecule has 0 aromatic heterocycles. The molecule has 6 aromatic carbocycles. The molecule has 0 saturated heterocycles. The van der Waals surface area contributed by atoms with E-state index in [2.05, 4.69) is 175 Å². The molecule has 238 valence electrons. The summed E-state index contributed by atoms with van der Waals surface area (Å²) in [5.41, 5.74) is 12.1. The minimum atomic E-state index is 0.0635. The summed E-state index contributed by atoms with van der Waals surface area (Å²) in [7, 11) is 0. The molecule has 2 nitrogen and oxygen atoms in total. The van der Waals surface area contributed by atoms with Crippen molar-refractivity contribution in [1.29, 1.82) is 0 Å². The van der Waals surface area contributed by atoms with Crippen LogP contribution in [-0.2, 0) is 12.8 Å². The molecule has 6 aromatic rings. The summed E-state index contributed by atoms with van der Waals surface area (Å²) in [6.07, 6.45) is 7.07. The summed E-state index contributed by atoms with van der Waals surface area (Å²) in [6, 6.07) is 61.1. The minimum Gasteiger partial charge on any atom is -0.299 e. The first-order valence-corrected chi connectivity index (χ1v) is 17.5. The third-order valence-corrected chi connectivity index (χ3v) is 9.71. The summed E-state index contributed by atoms with van der Waals surface area (Å²) < 4.78 is 0. The van der Waals surface area contributed by atoms with E-state index in [4.69, 9.17) is 4.99 Å². The molecule has 2 aliphatic carbocycles. The Bertz CT molecular complexity index is 1820. The summed E-state index contributed by atoms with van der Waals surface area (Å²) in [6.45, 7) is 0. The number of nitrogens with zero attached hydrogens (tertiary/aromatic N) is 1. The molecule has 2 heteroatoms. The van der Waals surface area contributed by atoms with Gasteiger partial charge in [-0.15, -0.1) is 0 Å². The molecule has 8 rings (SSSR count). The van der Waals surface area contributed by atoms with Crippen molar-refractivity contribution in [2.75, 3.05) is 0 Å². The Hall–Kier alpha value is -5.05. The highest BCUT2D eigenvalue weighted by Gasteiger charge is 2.24. The highest BCUT2D eigenvalue weighted by molar-refractivity contribution is 6.03. The molecule has 0 unspecified atom stereocenters. The van der Waals surface area contributed by atoms with E-state index in [0.717, 1.165) is 12.8 Å². The molecule has 1 N–H and O–H groups in total. The second kappa shape index (κ2) is 15.7. The van der Waals surface area contributed by atoms with Crippen LogP contribution in [0, 0.1) is 0 Å². The topological polar surface area (TPSA) is 24.4 Å². The molecule has 0 bridgehead atoms. The molecule has 0 spiro atoms. The third-order valence-electron chi connectivity index (χ3n) is 9.71. The standard InChI is InChI=1S/C23H23N.C23H21N/c2*1-3-11-19(12-4-1)23(20-13-5-2-6-14-20)24-22-17-9-15-18-10-7-8-16-21(18)22/h1-8,10-14,16,22-24H,9,15,17H2;1-8,10-14,16,23H,9,15,17H2/t22-;/m1./s1. The lowest BCUT2D eigenvalue weighted by Crippen LogP contribution is -2.30. The second-order valence-electron chi connectivity index (χ2n) is 12.9. The van der Waals surface area contributed by atoms with E-state index in [9.17, 15) is 0 Å². The average Bonchev–Trinajstić information content (AvgIpc) is 3.18. The molecular weight excluding hydrogens is 581 g/mol. The SMILES string of the molecule is c1ccc(C(N=C2CCCc3ccccc32)c2ccccc2)cc1.c1ccc(C(N[C@@H]2CCCc3ccccc32)c2ccccc2)cc1. The maximum Gasteiger partial charge on any atom is 0.100 e. The lowest BCUT2D eigenvalue weighted by molar-refractivity contribution is 0.428.